The summed E-state index contributed by atoms with van der Waals surface area (Å²) in [6.45, 7) is 8.54. The van der Waals surface area contributed by atoms with Gasteiger partial charge in [-0.05, 0) is 25.2 Å². The van der Waals surface area contributed by atoms with E-state index in [0.29, 0.717) is 23.9 Å². The van der Waals surface area contributed by atoms with E-state index < -0.39 is 0 Å². The van der Waals surface area contributed by atoms with Crippen LogP contribution >= 0.6 is 0 Å². The maximum Gasteiger partial charge on any atom is 0.0602 e. The maximum atomic E-state index is 5.65. The van der Waals surface area contributed by atoms with Gasteiger partial charge in [0.2, 0.25) is 0 Å². The molecule has 86 valence electrons. The fraction of sp³-hybridized carbons (Fsp3) is 0.917. The highest BCUT2D eigenvalue weighted by molar-refractivity contribution is 5.86. The molecule has 0 amide bonds. The highest BCUT2D eigenvalue weighted by atomic mass is 15.5. The van der Waals surface area contributed by atoms with Gasteiger partial charge < -0.3 is 5.73 Å². The minimum Gasteiger partial charge on any atom is -0.329 e. The molecular weight excluding hydrogens is 186 g/mol. The van der Waals surface area contributed by atoms with E-state index in [-0.39, 0.29) is 0 Å². The number of hydrazone groups is 1. The van der Waals surface area contributed by atoms with Crippen molar-refractivity contribution >= 4 is 5.71 Å². The molecule has 3 heteroatoms. The molecule has 1 fully saturated rings. The number of fused-ring (bicyclic) bond motifs is 1. The van der Waals surface area contributed by atoms with Crippen molar-refractivity contribution in [3.63, 3.8) is 0 Å². The molecule has 1 saturated carbocycles. The Morgan fingerprint density at radius 1 is 1.53 bits per heavy atom. The van der Waals surface area contributed by atoms with Crippen molar-refractivity contribution in [1.29, 1.82) is 0 Å². The van der Waals surface area contributed by atoms with Gasteiger partial charge in [-0.2, -0.15) is 5.10 Å². The Balaban J connectivity index is 2.21. The van der Waals surface area contributed by atoms with E-state index in [0.717, 1.165) is 6.54 Å². The van der Waals surface area contributed by atoms with Gasteiger partial charge in [0.15, 0.2) is 0 Å². The molecule has 2 rings (SSSR count). The van der Waals surface area contributed by atoms with Gasteiger partial charge in [0.25, 0.3) is 0 Å². The minimum atomic E-state index is 0.388. The van der Waals surface area contributed by atoms with Gasteiger partial charge in [0.1, 0.15) is 0 Å². The number of hydrogen-bond donors (Lipinski definition) is 1. The van der Waals surface area contributed by atoms with E-state index in [4.69, 9.17) is 5.73 Å². The second-order valence-corrected chi connectivity index (χ2v) is 5.63. The lowest BCUT2D eigenvalue weighted by molar-refractivity contribution is 0.0499. The highest BCUT2D eigenvalue weighted by Gasteiger charge is 2.46. The summed E-state index contributed by atoms with van der Waals surface area (Å²) in [6, 6.07) is 0.592. The Hall–Kier alpha value is -0.570. The lowest BCUT2D eigenvalue weighted by atomic mass is 9.67. The summed E-state index contributed by atoms with van der Waals surface area (Å²) >= 11 is 0. The monoisotopic (exact) mass is 209 g/mol. The summed E-state index contributed by atoms with van der Waals surface area (Å²) in [7, 11) is 0. The number of nitrogens with zero attached hydrogens (tertiary/aromatic N) is 2. The van der Waals surface area contributed by atoms with Crippen LogP contribution in [0.2, 0.25) is 0 Å². The van der Waals surface area contributed by atoms with Gasteiger partial charge in [0, 0.05) is 24.7 Å². The Kier molecular flexibility index (Phi) is 2.75. The summed E-state index contributed by atoms with van der Waals surface area (Å²) in [5, 5.41) is 6.94. The van der Waals surface area contributed by atoms with Crippen molar-refractivity contribution in [3.05, 3.63) is 0 Å². The second-order valence-electron chi connectivity index (χ2n) is 5.63. The van der Waals surface area contributed by atoms with Crippen molar-refractivity contribution in [2.24, 2.45) is 22.2 Å². The van der Waals surface area contributed by atoms with Crippen LogP contribution in [0.15, 0.2) is 5.10 Å². The van der Waals surface area contributed by atoms with Gasteiger partial charge in [0.05, 0.1) is 6.04 Å². The topological polar surface area (TPSA) is 41.6 Å². The first-order valence-corrected chi connectivity index (χ1v) is 6.08. The summed E-state index contributed by atoms with van der Waals surface area (Å²) in [4.78, 5) is 0. The molecule has 2 atom stereocenters. The first kappa shape index (κ1) is 10.9. The van der Waals surface area contributed by atoms with Crippen molar-refractivity contribution < 1.29 is 0 Å². The molecule has 3 nitrogen and oxygen atoms in total. The van der Waals surface area contributed by atoms with E-state index in [9.17, 15) is 0 Å². The standard InChI is InChI=1S/C12H23N3/c1-9-10-5-4-6-12(2,3)11(10)15(14-9)8-7-13/h10-11H,4-8,13H2,1-3H3. The van der Waals surface area contributed by atoms with Gasteiger partial charge >= 0.3 is 0 Å². The predicted molar refractivity (Wildman–Crippen MR) is 63.8 cm³/mol. The number of rotatable bonds is 2. The molecule has 2 aliphatic rings. The van der Waals surface area contributed by atoms with Crippen LogP contribution in [0.5, 0.6) is 0 Å². The Morgan fingerprint density at radius 2 is 2.27 bits per heavy atom. The number of hydrogen-bond acceptors (Lipinski definition) is 3. The number of nitrogens with two attached hydrogens (primary N) is 1. The molecule has 2 unspecified atom stereocenters. The zero-order valence-corrected chi connectivity index (χ0v) is 10.2. The summed E-state index contributed by atoms with van der Waals surface area (Å²) in [5.74, 6) is 0.681. The van der Waals surface area contributed by atoms with Crippen molar-refractivity contribution in [3.8, 4) is 0 Å². The molecule has 0 aromatic heterocycles. The third-order valence-electron chi connectivity index (χ3n) is 4.02. The van der Waals surface area contributed by atoms with E-state index in [1.54, 1.807) is 0 Å². The Bertz CT molecular complexity index is 270. The van der Waals surface area contributed by atoms with Crippen molar-refractivity contribution in [1.82, 2.24) is 5.01 Å². The Morgan fingerprint density at radius 3 is 2.93 bits per heavy atom. The maximum absolute atomic E-state index is 5.65. The lowest BCUT2D eigenvalue weighted by Crippen LogP contribution is -2.48. The van der Waals surface area contributed by atoms with E-state index in [1.165, 1.54) is 25.0 Å². The predicted octanol–water partition coefficient (Wildman–Crippen LogP) is 1.83. The van der Waals surface area contributed by atoms with Crippen LogP contribution in [-0.4, -0.2) is 29.9 Å². The quantitative estimate of drug-likeness (QED) is 0.754. The summed E-state index contributed by atoms with van der Waals surface area (Å²) < 4.78 is 0. The first-order valence-electron chi connectivity index (χ1n) is 6.08. The average Bonchev–Trinajstić information content (AvgIpc) is 2.45. The van der Waals surface area contributed by atoms with Crippen LogP contribution in [0, 0.1) is 11.3 Å². The van der Waals surface area contributed by atoms with Crippen LogP contribution in [0.25, 0.3) is 0 Å². The molecule has 15 heavy (non-hydrogen) atoms. The van der Waals surface area contributed by atoms with Crippen LogP contribution in [0.4, 0.5) is 0 Å². The second kappa shape index (κ2) is 3.78. The zero-order valence-electron chi connectivity index (χ0n) is 10.2. The molecule has 0 spiro atoms. The first-order chi connectivity index (χ1) is 7.06. The normalized spacial score (nSPS) is 33.9. The van der Waals surface area contributed by atoms with Gasteiger partial charge in [-0.25, -0.2) is 0 Å². The molecule has 1 aliphatic heterocycles. The average molecular weight is 209 g/mol. The van der Waals surface area contributed by atoms with Crippen LogP contribution < -0.4 is 5.73 Å². The molecular formula is C12H23N3. The van der Waals surface area contributed by atoms with E-state index >= 15 is 0 Å². The molecule has 0 bridgehead atoms. The molecule has 1 aliphatic carbocycles. The minimum absolute atomic E-state index is 0.388. The van der Waals surface area contributed by atoms with Gasteiger partial charge in [-0.1, -0.05) is 20.3 Å². The fourth-order valence-electron chi connectivity index (χ4n) is 3.34. The summed E-state index contributed by atoms with van der Waals surface area (Å²) in [6.07, 6.45) is 3.97. The molecule has 0 radical (unpaired) electrons. The lowest BCUT2D eigenvalue weighted by Gasteiger charge is -2.44. The van der Waals surface area contributed by atoms with Crippen LogP contribution in [0.3, 0.4) is 0 Å². The third-order valence-corrected chi connectivity index (χ3v) is 4.02. The Labute approximate surface area is 92.7 Å². The SMILES string of the molecule is CC1=NN(CCN)C2C1CCCC2(C)C. The smallest absolute Gasteiger partial charge is 0.0602 e. The van der Waals surface area contributed by atoms with Crippen molar-refractivity contribution in [2.45, 2.75) is 46.1 Å². The molecule has 0 saturated heterocycles. The van der Waals surface area contributed by atoms with Crippen LogP contribution in [0.1, 0.15) is 40.0 Å². The van der Waals surface area contributed by atoms with Crippen LogP contribution in [-0.2, 0) is 0 Å². The molecule has 1 heterocycles. The zero-order chi connectivity index (χ0) is 11.1. The van der Waals surface area contributed by atoms with E-state index in [2.05, 4.69) is 30.9 Å². The summed E-state index contributed by atoms with van der Waals surface area (Å²) in [5.41, 5.74) is 7.36. The molecule has 2 N–H and O–H groups in total. The van der Waals surface area contributed by atoms with Gasteiger partial charge in [-0.15, -0.1) is 0 Å². The van der Waals surface area contributed by atoms with Gasteiger partial charge in [-0.3, -0.25) is 5.01 Å². The largest absolute Gasteiger partial charge is 0.329 e. The fourth-order valence-corrected chi connectivity index (χ4v) is 3.34. The molecule has 0 aromatic rings. The van der Waals surface area contributed by atoms with E-state index in [1.807, 2.05) is 0 Å². The third kappa shape index (κ3) is 1.78. The molecule has 0 aromatic carbocycles. The van der Waals surface area contributed by atoms with Crippen molar-refractivity contribution in [2.75, 3.05) is 13.1 Å². The highest BCUT2D eigenvalue weighted by Crippen LogP contribution is 2.45.